The number of sulfonamides is 1. The minimum atomic E-state index is -3.56. The number of rotatable bonds is 5. The van der Waals surface area contributed by atoms with Crippen molar-refractivity contribution < 1.29 is 8.42 Å². The smallest absolute Gasteiger partial charge is 0.243 e. The highest BCUT2D eigenvalue weighted by atomic mass is 35.5. The van der Waals surface area contributed by atoms with Gasteiger partial charge in [0.1, 0.15) is 0 Å². The van der Waals surface area contributed by atoms with Crippen LogP contribution in [0.15, 0.2) is 47.6 Å². The molecular formula is C15H17ClN2O2S. The van der Waals surface area contributed by atoms with Gasteiger partial charge in [0.15, 0.2) is 0 Å². The second-order valence-corrected chi connectivity index (χ2v) is 7.04. The van der Waals surface area contributed by atoms with Gasteiger partial charge in [-0.15, -0.1) is 0 Å². The molecule has 112 valence electrons. The molecule has 2 rings (SSSR count). The predicted molar refractivity (Wildman–Crippen MR) is 83.7 cm³/mol. The first-order chi connectivity index (χ1) is 9.95. The van der Waals surface area contributed by atoms with Crippen LogP contribution in [0.25, 0.3) is 0 Å². The Balaban J connectivity index is 2.33. The molecule has 0 amide bonds. The van der Waals surface area contributed by atoms with E-state index in [1.54, 1.807) is 36.7 Å². The SMILES string of the molecule is CCN(Cc1ccncc1)S(=O)(=O)c1ccc(C)c(Cl)c1. The Labute approximate surface area is 130 Å². The van der Waals surface area contributed by atoms with Crippen LogP contribution in [0.1, 0.15) is 18.1 Å². The Bertz CT molecular complexity index is 718. The minimum Gasteiger partial charge on any atom is -0.265 e. The van der Waals surface area contributed by atoms with Crippen molar-refractivity contribution in [3.05, 3.63) is 58.9 Å². The zero-order valence-electron chi connectivity index (χ0n) is 12.0. The molecule has 0 atom stereocenters. The van der Waals surface area contributed by atoms with E-state index in [-0.39, 0.29) is 4.90 Å². The second-order valence-electron chi connectivity index (χ2n) is 4.70. The van der Waals surface area contributed by atoms with Gasteiger partial charge in [0, 0.05) is 30.5 Å². The summed E-state index contributed by atoms with van der Waals surface area (Å²) in [6, 6.07) is 8.42. The van der Waals surface area contributed by atoms with E-state index < -0.39 is 10.0 Å². The van der Waals surface area contributed by atoms with Crippen LogP contribution in [0, 0.1) is 6.92 Å². The molecule has 0 fully saturated rings. The lowest BCUT2D eigenvalue weighted by Gasteiger charge is -2.21. The number of hydrogen-bond acceptors (Lipinski definition) is 3. The third kappa shape index (κ3) is 3.61. The fourth-order valence-corrected chi connectivity index (χ4v) is 3.65. The van der Waals surface area contributed by atoms with Crippen molar-refractivity contribution in [1.82, 2.24) is 9.29 Å². The van der Waals surface area contributed by atoms with Crippen LogP contribution in [0.2, 0.25) is 5.02 Å². The molecule has 0 aliphatic carbocycles. The molecule has 0 radical (unpaired) electrons. The van der Waals surface area contributed by atoms with Crippen LogP contribution in [0.3, 0.4) is 0 Å². The highest BCUT2D eigenvalue weighted by Crippen LogP contribution is 2.23. The second kappa shape index (κ2) is 6.56. The van der Waals surface area contributed by atoms with Crippen molar-refractivity contribution >= 4 is 21.6 Å². The summed E-state index contributed by atoms with van der Waals surface area (Å²) in [5.74, 6) is 0. The summed E-state index contributed by atoms with van der Waals surface area (Å²) in [6.07, 6.45) is 3.30. The molecule has 0 saturated heterocycles. The van der Waals surface area contributed by atoms with Gasteiger partial charge in [-0.05, 0) is 42.3 Å². The molecule has 0 aliphatic heterocycles. The first-order valence-corrected chi connectivity index (χ1v) is 8.42. The lowest BCUT2D eigenvalue weighted by molar-refractivity contribution is 0.423. The van der Waals surface area contributed by atoms with Crippen molar-refractivity contribution in [1.29, 1.82) is 0 Å². The molecule has 1 aromatic heterocycles. The number of halogens is 1. The van der Waals surface area contributed by atoms with Gasteiger partial charge < -0.3 is 0 Å². The minimum absolute atomic E-state index is 0.217. The summed E-state index contributed by atoms with van der Waals surface area (Å²) >= 11 is 6.04. The van der Waals surface area contributed by atoms with Crippen LogP contribution in [-0.4, -0.2) is 24.3 Å². The van der Waals surface area contributed by atoms with E-state index in [0.717, 1.165) is 11.1 Å². The standard InChI is InChI=1S/C15H17ClN2O2S/c1-3-18(11-13-6-8-17-9-7-13)21(19,20)14-5-4-12(2)15(16)10-14/h4-10H,3,11H2,1-2H3. The van der Waals surface area contributed by atoms with Gasteiger partial charge in [-0.2, -0.15) is 4.31 Å². The molecule has 0 spiro atoms. The van der Waals surface area contributed by atoms with Gasteiger partial charge in [0.05, 0.1) is 4.90 Å². The largest absolute Gasteiger partial charge is 0.265 e. The molecule has 0 saturated carbocycles. The molecule has 0 unspecified atom stereocenters. The van der Waals surface area contributed by atoms with E-state index in [4.69, 9.17) is 11.6 Å². The Morgan fingerprint density at radius 1 is 1.19 bits per heavy atom. The molecule has 0 bridgehead atoms. The normalized spacial score (nSPS) is 11.8. The lowest BCUT2D eigenvalue weighted by atomic mass is 10.2. The molecule has 4 nitrogen and oxygen atoms in total. The number of hydrogen-bond donors (Lipinski definition) is 0. The Kier molecular flexibility index (Phi) is 4.98. The van der Waals surface area contributed by atoms with Crippen LogP contribution in [-0.2, 0) is 16.6 Å². The van der Waals surface area contributed by atoms with Crippen molar-refractivity contribution in [2.75, 3.05) is 6.54 Å². The maximum atomic E-state index is 12.7. The third-order valence-electron chi connectivity index (χ3n) is 3.24. The van der Waals surface area contributed by atoms with Crippen LogP contribution in [0.5, 0.6) is 0 Å². The average Bonchev–Trinajstić information content (AvgIpc) is 2.48. The maximum Gasteiger partial charge on any atom is 0.243 e. The summed E-state index contributed by atoms with van der Waals surface area (Å²) in [4.78, 5) is 4.15. The average molecular weight is 325 g/mol. The summed E-state index contributed by atoms with van der Waals surface area (Å²) in [6.45, 7) is 4.35. The summed E-state index contributed by atoms with van der Waals surface area (Å²) in [7, 11) is -3.56. The fourth-order valence-electron chi connectivity index (χ4n) is 1.94. The van der Waals surface area contributed by atoms with E-state index in [2.05, 4.69) is 4.98 Å². The first-order valence-electron chi connectivity index (χ1n) is 6.60. The highest BCUT2D eigenvalue weighted by Gasteiger charge is 2.23. The zero-order valence-corrected chi connectivity index (χ0v) is 13.5. The highest BCUT2D eigenvalue weighted by molar-refractivity contribution is 7.89. The van der Waals surface area contributed by atoms with Crippen LogP contribution < -0.4 is 0 Å². The predicted octanol–water partition coefficient (Wildman–Crippen LogP) is 3.25. The van der Waals surface area contributed by atoms with Gasteiger partial charge >= 0.3 is 0 Å². The molecule has 0 aliphatic rings. The molecule has 1 heterocycles. The number of aromatic nitrogens is 1. The molecule has 6 heteroatoms. The van der Waals surface area contributed by atoms with Crippen molar-refractivity contribution in [2.45, 2.75) is 25.3 Å². The summed E-state index contributed by atoms with van der Waals surface area (Å²) < 4.78 is 26.8. The van der Waals surface area contributed by atoms with Gasteiger partial charge in [-0.3, -0.25) is 4.98 Å². The molecule has 21 heavy (non-hydrogen) atoms. The monoisotopic (exact) mass is 324 g/mol. The van der Waals surface area contributed by atoms with Crippen molar-refractivity contribution in [2.24, 2.45) is 0 Å². The number of aryl methyl sites for hydroxylation is 1. The Morgan fingerprint density at radius 3 is 2.43 bits per heavy atom. The first kappa shape index (κ1) is 15.9. The Morgan fingerprint density at radius 2 is 1.86 bits per heavy atom. The van der Waals surface area contributed by atoms with Crippen LogP contribution in [0.4, 0.5) is 0 Å². The summed E-state index contributed by atoms with van der Waals surface area (Å²) in [5.41, 5.74) is 1.75. The van der Waals surface area contributed by atoms with E-state index >= 15 is 0 Å². The molecule has 0 N–H and O–H groups in total. The van der Waals surface area contributed by atoms with E-state index in [1.807, 2.05) is 13.8 Å². The van der Waals surface area contributed by atoms with E-state index in [1.165, 1.54) is 10.4 Å². The van der Waals surface area contributed by atoms with E-state index in [9.17, 15) is 8.42 Å². The molecule has 1 aromatic carbocycles. The third-order valence-corrected chi connectivity index (χ3v) is 5.57. The zero-order chi connectivity index (χ0) is 15.5. The maximum absolute atomic E-state index is 12.7. The lowest BCUT2D eigenvalue weighted by Crippen LogP contribution is -2.30. The summed E-state index contributed by atoms with van der Waals surface area (Å²) in [5, 5.41) is 0.455. The number of pyridine rings is 1. The Hall–Kier alpha value is -1.43. The fraction of sp³-hybridized carbons (Fsp3) is 0.267. The number of benzene rings is 1. The van der Waals surface area contributed by atoms with Gasteiger partial charge in [0.2, 0.25) is 10.0 Å². The van der Waals surface area contributed by atoms with Gasteiger partial charge in [-0.25, -0.2) is 8.42 Å². The van der Waals surface area contributed by atoms with Gasteiger partial charge in [0.25, 0.3) is 0 Å². The molecular weight excluding hydrogens is 308 g/mol. The van der Waals surface area contributed by atoms with E-state index in [0.29, 0.717) is 18.1 Å². The molecule has 2 aromatic rings. The number of nitrogens with zero attached hydrogens (tertiary/aromatic N) is 2. The van der Waals surface area contributed by atoms with Crippen molar-refractivity contribution in [3.8, 4) is 0 Å². The van der Waals surface area contributed by atoms with Crippen LogP contribution >= 0.6 is 11.6 Å². The quantitative estimate of drug-likeness (QED) is 0.848. The van der Waals surface area contributed by atoms with Crippen molar-refractivity contribution in [3.63, 3.8) is 0 Å². The topological polar surface area (TPSA) is 50.3 Å². The van der Waals surface area contributed by atoms with Gasteiger partial charge in [-0.1, -0.05) is 24.6 Å².